The Hall–Kier alpha value is -3.14. The summed E-state index contributed by atoms with van der Waals surface area (Å²) in [6, 6.07) is 10.1. The largest absolute Gasteiger partial charge is 0.459 e. The number of carbonyl (C=O) groups excluding carboxylic acids is 2. The van der Waals surface area contributed by atoms with E-state index in [-0.39, 0.29) is 29.4 Å². The Morgan fingerprint density at radius 1 is 1.03 bits per heavy atom. The zero-order valence-corrected chi connectivity index (χ0v) is 18.1. The van der Waals surface area contributed by atoms with Gasteiger partial charge in [-0.1, -0.05) is 23.9 Å². The second-order valence-electron chi connectivity index (χ2n) is 7.83. The fourth-order valence-electron chi connectivity index (χ4n) is 3.80. The van der Waals surface area contributed by atoms with Gasteiger partial charge in [0.1, 0.15) is 5.82 Å². The van der Waals surface area contributed by atoms with Gasteiger partial charge in [0, 0.05) is 32.2 Å². The number of rotatable bonds is 6. The molecule has 1 saturated heterocycles. The molecule has 1 saturated carbocycles. The molecule has 0 spiro atoms. The molecule has 166 valence electrons. The SMILES string of the molecule is O=C(CSc1nnc(-c2ccccc2F)n1C1CC1)N1CCN(C(=O)c2ccco2)CC1. The summed E-state index contributed by atoms with van der Waals surface area (Å²) in [5, 5.41) is 9.11. The van der Waals surface area contributed by atoms with Crippen LogP contribution in [0.2, 0.25) is 0 Å². The van der Waals surface area contributed by atoms with Gasteiger partial charge in [-0.25, -0.2) is 4.39 Å². The quantitative estimate of drug-likeness (QED) is 0.531. The first-order valence-corrected chi connectivity index (χ1v) is 11.5. The molecule has 0 N–H and O–H groups in total. The van der Waals surface area contributed by atoms with Crippen molar-refractivity contribution in [3.05, 3.63) is 54.2 Å². The molecule has 10 heteroatoms. The summed E-state index contributed by atoms with van der Waals surface area (Å²) in [5.41, 5.74) is 0.419. The minimum absolute atomic E-state index is 0.0158. The van der Waals surface area contributed by atoms with E-state index in [0.717, 1.165) is 12.8 Å². The Morgan fingerprint density at radius 3 is 2.47 bits per heavy atom. The van der Waals surface area contributed by atoms with Crippen molar-refractivity contribution < 1.29 is 18.4 Å². The van der Waals surface area contributed by atoms with Crippen LogP contribution in [0.15, 0.2) is 52.2 Å². The zero-order valence-electron chi connectivity index (χ0n) is 17.3. The number of thioether (sulfide) groups is 1. The monoisotopic (exact) mass is 455 g/mol. The van der Waals surface area contributed by atoms with Crippen LogP contribution >= 0.6 is 11.8 Å². The maximum Gasteiger partial charge on any atom is 0.289 e. The van der Waals surface area contributed by atoms with Gasteiger partial charge in [-0.15, -0.1) is 10.2 Å². The zero-order chi connectivity index (χ0) is 22.1. The molecule has 0 bridgehead atoms. The number of furan rings is 1. The van der Waals surface area contributed by atoms with Crippen molar-refractivity contribution in [3.8, 4) is 11.4 Å². The summed E-state index contributed by atoms with van der Waals surface area (Å²) in [4.78, 5) is 28.6. The first kappa shape index (κ1) is 20.7. The predicted octanol–water partition coefficient (Wildman–Crippen LogP) is 3.09. The lowest BCUT2D eigenvalue weighted by Crippen LogP contribution is -2.51. The number of hydrogen-bond acceptors (Lipinski definition) is 6. The lowest BCUT2D eigenvalue weighted by atomic mass is 10.2. The molecule has 32 heavy (non-hydrogen) atoms. The molecule has 0 unspecified atom stereocenters. The van der Waals surface area contributed by atoms with Crippen LogP contribution in [0.25, 0.3) is 11.4 Å². The van der Waals surface area contributed by atoms with E-state index < -0.39 is 0 Å². The van der Waals surface area contributed by atoms with Crippen LogP contribution in [0.3, 0.4) is 0 Å². The van der Waals surface area contributed by atoms with Gasteiger partial charge in [-0.3, -0.25) is 14.2 Å². The number of carbonyl (C=O) groups is 2. The fourth-order valence-corrected chi connectivity index (χ4v) is 4.70. The van der Waals surface area contributed by atoms with Crippen molar-refractivity contribution in [2.24, 2.45) is 0 Å². The van der Waals surface area contributed by atoms with Gasteiger partial charge < -0.3 is 14.2 Å². The Balaban J connectivity index is 1.21. The highest BCUT2D eigenvalue weighted by Gasteiger charge is 2.32. The van der Waals surface area contributed by atoms with E-state index in [1.165, 1.54) is 24.1 Å². The van der Waals surface area contributed by atoms with Crippen molar-refractivity contribution in [2.75, 3.05) is 31.9 Å². The number of halogens is 1. The molecular weight excluding hydrogens is 433 g/mol. The molecule has 0 radical (unpaired) electrons. The van der Waals surface area contributed by atoms with Gasteiger partial charge in [0.15, 0.2) is 16.7 Å². The van der Waals surface area contributed by atoms with Crippen LogP contribution in [-0.4, -0.2) is 68.3 Å². The third-order valence-corrected chi connectivity index (χ3v) is 6.60. The molecular formula is C22H22FN5O3S. The number of nitrogens with zero attached hydrogens (tertiary/aromatic N) is 5. The maximum absolute atomic E-state index is 14.3. The van der Waals surface area contributed by atoms with Gasteiger partial charge in [0.25, 0.3) is 5.91 Å². The molecule has 1 aliphatic heterocycles. The summed E-state index contributed by atoms with van der Waals surface area (Å²) in [5.74, 6) is 0.522. The van der Waals surface area contributed by atoms with E-state index in [4.69, 9.17) is 4.42 Å². The third-order valence-electron chi connectivity index (χ3n) is 5.67. The minimum atomic E-state index is -0.337. The molecule has 2 aliphatic rings. The van der Waals surface area contributed by atoms with Crippen molar-refractivity contribution >= 4 is 23.6 Å². The van der Waals surface area contributed by atoms with E-state index in [0.29, 0.717) is 48.5 Å². The highest BCUT2D eigenvalue weighted by molar-refractivity contribution is 7.99. The van der Waals surface area contributed by atoms with Gasteiger partial charge in [0.2, 0.25) is 5.91 Å². The third kappa shape index (κ3) is 4.14. The lowest BCUT2D eigenvalue weighted by molar-refractivity contribution is -0.129. The Kier molecular flexibility index (Phi) is 5.69. The van der Waals surface area contributed by atoms with Crippen molar-refractivity contribution in [1.29, 1.82) is 0 Å². The fraction of sp³-hybridized carbons (Fsp3) is 0.364. The average molecular weight is 456 g/mol. The van der Waals surface area contributed by atoms with Crippen molar-refractivity contribution in [1.82, 2.24) is 24.6 Å². The van der Waals surface area contributed by atoms with Crippen LogP contribution in [-0.2, 0) is 4.79 Å². The van der Waals surface area contributed by atoms with E-state index in [1.807, 2.05) is 4.57 Å². The van der Waals surface area contributed by atoms with Crippen LogP contribution in [0.1, 0.15) is 29.4 Å². The Labute approximate surface area is 188 Å². The van der Waals surface area contributed by atoms with Crippen LogP contribution in [0, 0.1) is 5.82 Å². The Bertz CT molecular complexity index is 1120. The lowest BCUT2D eigenvalue weighted by Gasteiger charge is -2.34. The smallest absolute Gasteiger partial charge is 0.289 e. The first-order chi connectivity index (χ1) is 15.6. The number of amides is 2. The van der Waals surface area contributed by atoms with E-state index >= 15 is 0 Å². The van der Waals surface area contributed by atoms with Crippen LogP contribution in [0.4, 0.5) is 4.39 Å². The summed E-state index contributed by atoms with van der Waals surface area (Å²) in [6.07, 6.45) is 3.46. The van der Waals surface area contributed by atoms with Gasteiger partial charge >= 0.3 is 0 Å². The van der Waals surface area contributed by atoms with E-state index in [2.05, 4.69) is 10.2 Å². The highest BCUT2D eigenvalue weighted by atomic mass is 32.2. The first-order valence-electron chi connectivity index (χ1n) is 10.5. The van der Waals surface area contributed by atoms with Crippen LogP contribution in [0.5, 0.6) is 0 Å². The molecule has 2 aromatic heterocycles. The summed E-state index contributed by atoms with van der Waals surface area (Å²) in [6.45, 7) is 1.88. The number of piperazine rings is 1. The molecule has 5 rings (SSSR count). The molecule has 8 nitrogen and oxygen atoms in total. The van der Waals surface area contributed by atoms with Gasteiger partial charge in [0.05, 0.1) is 17.6 Å². The molecule has 1 aliphatic carbocycles. The summed E-state index contributed by atoms with van der Waals surface area (Å²) < 4.78 is 21.4. The molecule has 2 amide bonds. The molecule has 2 fully saturated rings. The molecule has 3 heterocycles. The standard InChI is InChI=1S/C22H22FN5O3S/c23-17-5-2-1-4-16(17)20-24-25-22(28(20)15-7-8-15)32-14-19(29)26-9-11-27(12-10-26)21(30)18-6-3-13-31-18/h1-6,13,15H,7-12,14H2. The highest BCUT2D eigenvalue weighted by Crippen LogP contribution is 2.41. The maximum atomic E-state index is 14.3. The summed E-state index contributed by atoms with van der Waals surface area (Å²) >= 11 is 1.32. The molecule has 3 aromatic rings. The second-order valence-corrected chi connectivity index (χ2v) is 8.77. The molecule has 0 atom stereocenters. The van der Waals surface area contributed by atoms with Crippen LogP contribution < -0.4 is 0 Å². The van der Waals surface area contributed by atoms with Crippen molar-refractivity contribution in [3.63, 3.8) is 0 Å². The average Bonchev–Trinajstić information content (AvgIpc) is 3.33. The van der Waals surface area contributed by atoms with Gasteiger partial charge in [-0.05, 0) is 37.1 Å². The van der Waals surface area contributed by atoms with E-state index in [1.54, 1.807) is 40.1 Å². The van der Waals surface area contributed by atoms with E-state index in [9.17, 15) is 14.0 Å². The number of hydrogen-bond donors (Lipinski definition) is 0. The van der Waals surface area contributed by atoms with Gasteiger partial charge in [-0.2, -0.15) is 0 Å². The Morgan fingerprint density at radius 2 is 1.78 bits per heavy atom. The summed E-state index contributed by atoms with van der Waals surface area (Å²) in [7, 11) is 0. The topological polar surface area (TPSA) is 84.5 Å². The normalized spacial score (nSPS) is 16.4. The minimum Gasteiger partial charge on any atom is -0.459 e. The second kappa shape index (κ2) is 8.78. The number of aromatic nitrogens is 3. The molecule has 1 aromatic carbocycles. The number of benzene rings is 1. The predicted molar refractivity (Wildman–Crippen MR) is 116 cm³/mol. The van der Waals surface area contributed by atoms with Crippen molar-refractivity contribution in [2.45, 2.75) is 24.0 Å².